The van der Waals surface area contributed by atoms with Gasteiger partial charge in [-0.25, -0.2) is 9.18 Å². The Kier molecular flexibility index (Phi) is 3.61. The predicted molar refractivity (Wildman–Crippen MR) is 74.5 cm³/mol. The van der Waals surface area contributed by atoms with Crippen molar-refractivity contribution in [3.8, 4) is 0 Å². The summed E-state index contributed by atoms with van der Waals surface area (Å²) >= 11 is 0. The van der Waals surface area contributed by atoms with Crippen LogP contribution in [0.1, 0.15) is 23.2 Å². The molecule has 5 heteroatoms. The zero-order valence-corrected chi connectivity index (χ0v) is 11.6. The molecule has 0 spiro atoms. The lowest BCUT2D eigenvalue weighted by molar-refractivity contribution is 0.0595. The van der Waals surface area contributed by atoms with E-state index in [4.69, 9.17) is 0 Å². The third-order valence-electron chi connectivity index (χ3n) is 4.31. The van der Waals surface area contributed by atoms with Crippen molar-refractivity contribution in [2.75, 3.05) is 38.2 Å². The lowest BCUT2D eigenvalue weighted by atomic mass is 10.1. The fraction of sp³-hybridized carbons (Fsp3) is 0.533. The Bertz CT molecular complexity index is 521. The van der Waals surface area contributed by atoms with Gasteiger partial charge in [0.05, 0.1) is 12.7 Å². The first-order valence-corrected chi connectivity index (χ1v) is 7.06. The second kappa shape index (κ2) is 5.40. The summed E-state index contributed by atoms with van der Waals surface area (Å²) in [5.74, 6) is -1.14. The third kappa shape index (κ3) is 2.38. The minimum absolute atomic E-state index is 0.00393. The number of nitrogens with zero attached hydrogens (tertiary/aromatic N) is 2. The first-order chi connectivity index (χ1) is 9.69. The molecule has 2 aliphatic rings. The molecule has 1 unspecified atom stereocenters. The topological polar surface area (TPSA) is 32.8 Å². The van der Waals surface area contributed by atoms with Crippen LogP contribution in [0.4, 0.5) is 10.1 Å². The van der Waals surface area contributed by atoms with Crippen LogP contribution < -0.4 is 4.90 Å². The van der Waals surface area contributed by atoms with Crippen molar-refractivity contribution in [2.45, 2.75) is 18.9 Å². The second-order valence-electron chi connectivity index (χ2n) is 5.43. The monoisotopic (exact) mass is 278 g/mol. The van der Waals surface area contributed by atoms with Gasteiger partial charge in [-0.15, -0.1) is 0 Å². The minimum atomic E-state index is -0.630. The lowest BCUT2D eigenvalue weighted by Gasteiger charge is -2.38. The summed E-state index contributed by atoms with van der Waals surface area (Å²) in [6, 6.07) is 5.35. The Morgan fingerprint density at radius 3 is 2.95 bits per heavy atom. The molecule has 0 amide bonds. The van der Waals surface area contributed by atoms with Gasteiger partial charge in [-0.1, -0.05) is 0 Å². The number of hydrogen-bond acceptors (Lipinski definition) is 4. The van der Waals surface area contributed by atoms with E-state index in [-0.39, 0.29) is 5.56 Å². The number of hydrogen-bond donors (Lipinski definition) is 0. The maximum absolute atomic E-state index is 14.0. The van der Waals surface area contributed by atoms with E-state index in [9.17, 15) is 9.18 Å². The molecule has 1 aromatic rings. The van der Waals surface area contributed by atoms with E-state index in [1.165, 1.54) is 38.6 Å². The van der Waals surface area contributed by atoms with Crippen LogP contribution in [0.2, 0.25) is 0 Å². The van der Waals surface area contributed by atoms with Gasteiger partial charge in [-0.05, 0) is 37.6 Å². The van der Waals surface area contributed by atoms with Crippen molar-refractivity contribution in [3.63, 3.8) is 0 Å². The maximum Gasteiger partial charge on any atom is 0.340 e. The van der Waals surface area contributed by atoms with E-state index in [1.54, 1.807) is 6.07 Å². The van der Waals surface area contributed by atoms with Crippen molar-refractivity contribution < 1.29 is 13.9 Å². The van der Waals surface area contributed by atoms with Crippen LogP contribution in [0.25, 0.3) is 0 Å². The average molecular weight is 278 g/mol. The summed E-state index contributed by atoms with van der Waals surface area (Å²) in [5, 5.41) is 0. The van der Waals surface area contributed by atoms with Gasteiger partial charge in [0, 0.05) is 31.4 Å². The Hall–Kier alpha value is -1.62. The largest absolute Gasteiger partial charge is 0.465 e. The molecule has 4 nitrogen and oxygen atoms in total. The number of halogens is 1. The van der Waals surface area contributed by atoms with E-state index < -0.39 is 11.8 Å². The van der Waals surface area contributed by atoms with Gasteiger partial charge in [0.2, 0.25) is 0 Å². The molecule has 20 heavy (non-hydrogen) atoms. The van der Waals surface area contributed by atoms with E-state index in [0.29, 0.717) is 6.04 Å². The van der Waals surface area contributed by atoms with Crippen LogP contribution in [0.3, 0.4) is 0 Å². The Morgan fingerprint density at radius 2 is 2.20 bits per heavy atom. The van der Waals surface area contributed by atoms with Gasteiger partial charge >= 0.3 is 5.97 Å². The second-order valence-corrected chi connectivity index (χ2v) is 5.43. The number of piperazine rings is 1. The first kappa shape index (κ1) is 13.4. The van der Waals surface area contributed by atoms with Gasteiger partial charge < -0.3 is 9.64 Å². The molecular weight excluding hydrogens is 259 g/mol. The van der Waals surface area contributed by atoms with E-state index in [2.05, 4.69) is 14.5 Å². The Labute approximate surface area is 118 Å². The Morgan fingerprint density at radius 1 is 1.35 bits per heavy atom. The molecule has 0 N–H and O–H groups in total. The van der Waals surface area contributed by atoms with Crippen LogP contribution in [0.15, 0.2) is 18.2 Å². The number of benzene rings is 1. The standard InChI is InChI=1S/C15H19FN2O2/c1-20-15(19)13-5-4-11(9-14(13)16)18-8-7-17-6-2-3-12(17)10-18/h4-5,9,12H,2-3,6-8,10H2,1H3. The average Bonchev–Trinajstić information content (AvgIpc) is 2.93. The first-order valence-electron chi connectivity index (χ1n) is 7.06. The quantitative estimate of drug-likeness (QED) is 0.774. The fourth-order valence-electron chi connectivity index (χ4n) is 3.20. The molecule has 0 radical (unpaired) electrons. The van der Waals surface area contributed by atoms with Gasteiger partial charge in [-0.3, -0.25) is 4.90 Å². The molecule has 1 aromatic carbocycles. The van der Waals surface area contributed by atoms with Gasteiger partial charge in [-0.2, -0.15) is 0 Å². The number of carbonyl (C=O) groups is 1. The number of ether oxygens (including phenoxy) is 1. The minimum Gasteiger partial charge on any atom is -0.465 e. The summed E-state index contributed by atoms with van der Waals surface area (Å²) in [5.41, 5.74) is 0.845. The lowest BCUT2D eigenvalue weighted by Crippen LogP contribution is -2.50. The highest BCUT2D eigenvalue weighted by atomic mass is 19.1. The smallest absolute Gasteiger partial charge is 0.340 e. The zero-order chi connectivity index (χ0) is 14.1. The SMILES string of the molecule is COC(=O)c1ccc(N2CCN3CCCC3C2)cc1F. The normalized spacial score (nSPS) is 22.7. The van der Waals surface area contributed by atoms with Crippen LogP contribution >= 0.6 is 0 Å². The van der Waals surface area contributed by atoms with Crippen LogP contribution in [-0.2, 0) is 4.74 Å². The number of anilines is 1. The van der Waals surface area contributed by atoms with E-state index in [0.717, 1.165) is 25.3 Å². The van der Waals surface area contributed by atoms with E-state index in [1.807, 2.05) is 0 Å². The summed E-state index contributed by atoms with van der Waals surface area (Å²) in [6.45, 7) is 4.07. The molecule has 2 heterocycles. The third-order valence-corrected chi connectivity index (χ3v) is 4.31. The molecule has 3 rings (SSSR count). The van der Waals surface area contributed by atoms with Crippen molar-refractivity contribution in [3.05, 3.63) is 29.6 Å². The van der Waals surface area contributed by atoms with Gasteiger partial charge in [0.15, 0.2) is 0 Å². The van der Waals surface area contributed by atoms with Crippen LogP contribution in [0.5, 0.6) is 0 Å². The summed E-state index contributed by atoms with van der Waals surface area (Å²) in [6.07, 6.45) is 2.48. The summed E-state index contributed by atoms with van der Waals surface area (Å²) in [7, 11) is 1.26. The molecule has 2 aliphatic heterocycles. The van der Waals surface area contributed by atoms with Crippen molar-refractivity contribution in [1.29, 1.82) is 0 Å². The fourth-order valence-corrected chi connectivity index (χ4v) is 3.20. The van der Waals surface area contributed by atoms with Crippen LogP contribution in [-0.4, -0.2) is 50.2 Å². The van der Waals surface area contributed by atoms with Crippen molar-refractivity contribution in [2.24, 2.45) is 0 Å². The molecule has 0 aliphatic carbocycles. The molecule has 2 fully saturated rings. The molecule has 1 atom stereocenters. The summed E-state index contributed by atoms with van der Waals surface area (Å²) in [4.78, 5) is 16.1. The van der Waals surface area contributed by atoms with E-state index >= 15 is 0 Å². The van der Waals surface area contributed by atoms with Crippen molar-refractivity contribution >= 4 is 11.7 Å². The van der Waals surface area contributed by atoms with Gasteiger partial charge in [0.25, 0.3) is 0 Å². The van der Waals surface area contributed by atoms with Gasteiger partial charge in [0.1, 0.15) is 5.82 Å². The van der Waals surface area contributed by atoms with Crippen molar-refractivity contribution in [1.82, 2.24) is 4.90 Å². The number of methoxy groups -OCH3 is 1. The highest BCUT2D eigenvalue weighted by molar-refractivity contribution is 5.90. The highest BCUT2D eigenvalue weighted by Gasteiger charge is 2.30. The highest BCUT2D eigenvalue weighted by Crippen LogP contribution is 2.26. The number of fused-ring (bicyclic) bond motifs is 1. The zero-order valence-electron chi connectivity index (χ0n) is 11.6. The maximum atomic E-state index is 14.0. The molecule has 0 saturated carbocycles. The van der Waals surface area contributed by atoms with Crippen LogP contribution in [0, 0.1) is 5.82 Å². The number of carbonyl (C=O) groups excluding carboxylic acids is 1. The predicted octanol–water partition coefficient (Wildman–Crippen LogP) is 1.90. The molecular formula is C15H19FN2O2. The Balaban J connectivity index is 1.77. The molecule has 0 bridgehead atoms. The molecule has 108 valence electrons. The molecule has 2 saturated heterocycles. The number of rotatable bonds is 2. The molecule has 0 aromatic heterocycles. The summed E-state index contributed by atoms with van der Waals surface area (Å²) < 4.78 is 18.5. The number of esters is 1.